The normalized spacial score (nSPS) is 20.8. The number of carboxylic acid groups (broad SMARTS) is 2. The number of fused-ring (bicyclic) bond motifs is 2. The van der Waals surface area contributed by atoms with E-state index in [1.807, 2.05) is 64.0 Å². The smallest absolute Gasteiger partial charge is 0.475 e. The second kappa shape index (κ2) is 14.4. The van der Waals surface area contributed by atoms with Gasteiger partial charge in [-0.25, -0.2) is 24.5 Å². The first kappa shape index (κ1) is 35.8. The number of carbonyl (C=O) groups excluding carboxylic acids is 1. The number of aliphatic carboxylic acids is 2. The van der Waals surface area contributed by atoms with E-state index in [0.29, 0.717) is 24.5 Å². The lowest BCUT2D eigenvalue weighted by molar-refractivity contribution is -0.193. The molecule has 1 saturated carbocycles. The third-order valence-corrected chi connectivity index (χ3v) is 8.07. The number of aromatic nitrogens is 4. The van der Waals surface area contributed by atoms with E-state index >= 15 is 0 Å². The van der Waals surface area contributed by atoms with Gasteiger partial charge in [0, 0.05) is 42.7 Å². The quantitative estimate of drug-likeness (QED) is 0.243. The van der Waals surface area contributed by atoms with E-state index in [2.05, 4.69) is 9.97 Å². The number of aliphatic hydroxyl groups is 1. The second-order valence-corrected chi connectivity index (χ2v) is 11.0. The Morgan fingerprint density at radius 2 is 1.40 bits per heavy atom. The fourth-order valence-corrected chi connectivity index (χ4v) is 5.97. The lowest BCUT2D eigenvalue weighted by Crippen LogP contribution is -2.59. The summed E-state index contributed by atoms with van der Waals surface area (Å²) in [5, 5.41) is 26.1. The van der Waals surface area contributed by atoms with Gasteiger partial charge in [0.25, 0.3) is 5.91 Å². The van der Waals surface area contributed by atoms with Gasteiger partial charge in [0.05, 0.1) is 11.1 Å². The Hall–Kier alpha value is -5.06. The van der Waals surface area contributed by atoms with Crippen molar-refractivity contribution >= 4 is 23.4 Å². The molecule has 3 unspecified atom stereocenters. The van der Waals surface area contributed by atoms with E-state index in [9.17, 15) is 36.2 Å². The summed E-state index contributed by atoms with van der Waals surface area (Å²) >= 11 is 0. The molecule has 48 heavy (non-hydrogen) atoms. The van der Waals surface area contributed by atoms with Crippen LogP contribution in [0.25, 0.3) is 16.8 Å². The molecule has 6 rings (SSSR count). The Bertz CT molecular complexity index is 1710. The van der Waals surface area contributed by atoms with Crippen molar-refractivity contribution < 1.29 is 56.0 Å². The highest BCUT2D eigenvalue weighted by molar-refractivity contribution is 5.95. The largest absolute Gasteiger partial charge is 0.490 e. The molecule has 1 aromatic carbocycles. The van der Waals surface area contributed by atoms with Gasteiger partial charge in [-0.2, -0.15) is 26.3 Å². The van der Waals surface area contributed by atoms with Crippen LogP contribution in [0.5, 0.6) is 0 Å². The number of rotatable bonds is 3. The average molecular weight is 682 g/mol. The third kappa shape index (κ3) is 7.90. The Balaban J connectivity index is 0.000000314. The van der Waals surface area contributed by atoms with Gasteiger partial charge in [-0.15, -0.1) is 0 Å². The molecule has 0 spiro atoms. The van der Waals surface area contributed by atoms with Crippen LogP contribution in [0.15, 0.2) is 73.4 Å². The van der Waals surface area contributed by atoms with Gasteiger partial charge in [0.2, 0.25) is 5.82 Å². The van der Waals surface area contributed by atoms with Gasteiger partial charge in [-0.3, -0.25) is 9.20 Å². The fraction of sp³-hybridized carbons (Fsp3) is 0.355. The number of pyridine rings is 1. The highest BCUT2D eigenvalue weighted by atomic mass is 19.4. The first-order valence-electron chi connectivity index (χ1n) is 14.5. The van der Waals surface area contributed by atoms with Crippen molar-refractivity contribution in [1.29, 1.82) is 0 Å². The zero-order valence-electron chi connectivity index (χ0n) is 24.9. The molecule has 3 atom stereocenters. The Kier molecular flexibility index (Phi) is 10.7. The summed E-state index contributed by atoms with van der Waals surface area (Å²) in [6.07, 6.45) is 1.09. The molecular weight excluding hydrogens is 652 g/mol. The topological polar surface area (TPSA) is 158 Å². The molecule has 11 nitrogen and oxygen atoms in total. The van der Waals surface area contributed by atoms with E-state index in [-0.39, 0.29) is 17.9 Å². The minimum atomic E-state index is -5.08. The van der Waals surface area contributed by atoms with Crippen LogP contribution in [0.1, 0.15) is 48.3 Å². The molecule has 1 saturated heterocycles. The molecule has 0 bridgehead atoms. The summed E-state index contributed by atoms with van der Waals surface area (Å²) in [4.78, 5) is 46.8. The second-order valence-electron chi connectivity index (χ2n) is 11.0. The Labute approximate surface area is 268 Å². The number of nitrogens with zero attached hydrogens (tertiary/aromatic N) is 5. The van der Waals surface area contributed by atoms with Crippen LogP contribution in [0.3, 0.4) is 0 Å². The molecule has 4 aromatic rings. The minimum Gasteiger partial charge on any atom is -0.475 e. The van der Waals surface area contributed by atoms with Crippen molar-refractivity contribution in [1.82, 2.24) is 24.3 Å². The van der Waals surface area contributed by atoms with Crippen molar-refractivity contribution in [3.8, 4) is 11.3 Å². The van der Waals surface area contributed by atoms with Gasteiger partial charge in [0.1, 0.15) is 12.0 Å². The number of imidazole rings is 1. The monoisotopic (exact) mass is 681 g/mol. The van der Waals surface area contributed by atoms with Gasteiger partial charge in [0.15, 0.2) is 0 Å². The van der Waals surface area contributed by atoms with Crippen LogP contribution in [0, 0.1) is 5.92 Å². The first-order valence-corrected chi connectivity index (χ1v) is 14.5. The lowest BCUT2D eigenvalue weighted by atomic mass is 9.66. The number of hydrogen-bond acceptors (Lipinski definition) is 7. The molecule has 256 valence electrons. The van der Waals surface area contributed by atoms with Crippen molar-refractivity contribution in [2.45, 2.75) is 56.1 Å². The van der Waals surface area contributed by atoms with Crippen molar-refractivity contribution in [2.75, 3.05) is 6.54 Å². The Morgan fingerprint density at radius 1 is 0.833 bits per heavy atom. The predicted octanol–water partition coefficient (Wildman–Crippen LogP) is 5.35. The number of benzene rings is 1. The number of piperidine rings is 1. The average Bonchev–Trinajstić information content (AvgIpc) is 3.45. The standard InChI is InChI=1S/C27H27N5O2.2C2HF3O2/c33-26(25-30-24(19-16-28-18-29-17-19)23-12-6-7-14-31(23)25)32-15-13-27(34,20-8-2-1-3-9-20)21-10-4-5-11-22(21)32;2*3-2(4,5)1(6)7/h1-3,6-9,12,14,16-18,21-22,34H,4-5,10-11,13,15H2;2*(H,6,7). The zero-order chi connectivity index (χ0) is 35.3. The number of halogens is 6. The van der Waals surface area contributed by atoms with Gasteiger partial charge in [-0.1, -0.05) is 49.2 Å². The van der Waals surface area contributed by atoms with E-state index in [0.717, 1.165) is 42.3 Å². The molecule has 2 aliphatic rings. The number of hydrogen-bond donors (Lipinski definition) is 3. The van der Waals surface area contributed by atoms with Crippen LogP contribution in [0.2, 0.25) is 0 Å². The molecule has 3 aromatic heterocycles. The molecule has 4 heterocycles. The fourth-order valence-electron chi connectivity index (χ4n) is 5.97. The van der Waals surface area contributed by atoms with Crippen LogP contribution >= 0.6 is 0 Å². The van der Waals surface area contributed by atoms with E-state index < -0.39 is 29.9 Å². The summed E-state index contributed by atoms with van der Waals surface area (Å²) in [6.45, 7) is 0.497. The predicted molar refractivity (Wildman–Crippen MR) is 155 cm³/mol. The third-order valence-electron chi connectivity index (χ3n) is 8.07. The van der Waals surface area contributed by atoms with Crippen molar-refractivity contribution in [2.24, 2.45) is 5.92 Å². The Morgan fingerprint density at radius 3 is 1.98 bits per heavy atom. The maximum Gasteiger partial charge on any atom is 0.490 e. The summed E-state index contributed by atoms with van der Waals surface area (Å²) < 4.78 is 65.3. The van der Waals surface area contributed by atoms with E-state index in [4.69, 9.17) is 24.8 Å². The molecule has 3 N–H and O–H groups in total. The zero-order valence-corrected chi connectivity index (χ0v) is 24.9. The summed E-state index contributed by atoms with van der Waals surface area (Å²) in [5.41, 5.74) is 2.36. The van der Waals surface area contributed by atoms with Crippen LogP contribution in [-0.2, 0) is 15.2 Å². The number of carbonyl (C=O) groups is 3. The molecule has 1 amide bonds. The molecule has 1 aliphatic carbocycles. The van der Waals surface area contributed by atoms with Gasteiger partial charge in [-0.05, 0) is 37.0 Å². The minimum absolute atomic E-state index is 0.00886. The molecule has 0 radical (unpaired) electrons. The van der Waals surface area contributed by atoms with E-state index in [1.54, 1.807) is 12.4 Å². The van der Waals surface area contributed by atoms with Gasteiger partial charge < -0.3 is 20.2 Å². The molecule has 2 fully saturated rings. The van der Waals surface area contributed by atoms with Crippen LogP contribution in [-0.4, -0.2) is 82.4 Å². The maximum absolute atomic E-state index is 14.0. The van der Waals surface area contributed by atoms with Crippen molar-refractivity contribution in [3.63, 3.8) is 0 Å². The number of likely N-dealkylation sites (tertiary alicyclic amines) is 1. The maximum atomic E-state index is 14.0. The van der Waals surface area contributed by atoms with Gasteiger partial charge >= 0.3 is 24.3 Å². The SMILES string of the molecule is O=C(O)C(F)(F)F.O=C(O)C(F)(F)F.O=C(c1nc(-c2cncnc2)c2ccccn12)N1CCC(O)(c2ccccc2)C2CCCCC21. The summed E-state index contributed by atoms with van der Waals surface area (Å²) in [7, 11) is 0. The summed E-state index contributed by atoms with van der Waals surface area (Å²) in [5.74, 6) is -5.20. The number of carboxylic acids is 2. The number of alkyl halides is 6. The van der Waals surface area contributed by atoms with E-state index in [1.165, 1.54) is 6.33 Å². The molecular formula is C31H29F6N5O6. The summed E-state index contributed by atoms with van der Waals surface area (Å²) in [6, 6.07) is 15.8. The van der Waals surface area contributed by atoms with Crippen molar-refractivity contribution in [3.05, 3.63) is 84.8 Å². The van der Waals surface area contributed by atoms with Crippen LogP contribution in [0.4, 0.5) is 26.3 Å². The highest BCUT2D eigenvalue weighted by Gasteiger charge is 2.50. The first-order chi connectivity index (χ1) is 22.6. The number of amides is 1. The molecule has 17 heteroatoms. The highest BCUT2D eigenvalue weighted by Crippen LogP contribution is 2.47. The van der Waals surface area contributed by atoms with Crippen LogP contribution < -0.4 is 0 Å². The lowest BCUT2D eigenvalue weighted by Gasteiger charge is -2.52. The molecule has 1 aliphatic heterocycles.